The van der Waals surface area contributed by atoms with Gasteiger partial charge in [0, 0.05) is 11.3 Å². The largest absolute Gasteiger partial charge is 0.493 e. The van der Waals surface area contributed by atoms with Gasteiger partial charge in [-0.3, -0.25) is 19.3 Å². The first kappa shape index (κ1) is 22.4. The van der Waals surface area contributed by atoms with Gasteiger partial charge in [0.25, 0.3) is 11.1 Å². The second-order valence-electron chi connectivity index (χ2n) is 7.00. The summed E-state index contributed by atoms with van der Waals surface area (Å²) >= 11 is 0.792. The van der Waals surface area contributed by atoms with Crippen molar-refractivity contribution in [3.05, 3.63) is 58.0 Å². The number of methoxy groups -OCH3 is 1. The second kappa shape index (κ2) is 9.70. The van der Waals surface area contributed by atoms with Crippen LogP contribution in [-0.2, 0) is 9.59 Å². The molecule has 8 heteroatoms. The van der Waals surface area contributed by atoms with Gasteiger partial charge in [0.1, 0.15) is 6.54 Å². The fourth-order valence-corrected chi connectivity index (χ4v) is 4.10. The van der Waals surface area contributed by atoms with Gasteiger partial charge >= 0.3 is 0 Å². The van der Waals surface area contributed by atoms with Crippen LogP contribution in [0.15, 0.2) is 41.3 Å². The Morgan fingerprint density at radius 3 is 2.52 bits per heavy atom. The normalized spacial score (nSPS) is 14.8. The van der Waals surface area contributed by atoms with Crippen LogP contribution in [0.5, 0.6) is 11.5 Å². The number of hydrogen-bond acceptors (Lipinski definition) is 6. The van der Waals surface area contributed by atoms with Crippen molar-refractivity contribution >= 4 is 40.6 Å². The van der Waals surface area contributed by atoms with Crippen LogP contribution in [0, 0.1) is 13.8 Å². The molecule has 1 heterocycles. The van der Waals surface area contributed by atoms with Crippen LogP contribution in [0.4, 0.5) is 10.5 Å². The van der Waals surface area contributed by atoms with Crippen LogP contribution < -0.4 is 14.8 Å². The Labute approximate surface area is 185 Å². The molecule has 0 unspecified atom stereocenters. The molecule has 1 N–H and O–H groups in total. The molecule has 0 radical (unpaired) electrons. The van der Waals surface area contributed by atoms with Crippen LogP contribution in [0.3, 0.4) is 0 Å². The van der Waals surface area contributed by atoms with Crippen LogP contribution in [0.1, 0.15) is 23.6 Å². The fraction of sp³-hybridized carbons (Fsp3) is 0.261. The van der Waals surface area contributed by atoms with Gasteiger partial charge in [-0.25, -0.2) is 0 Å². The zero-order valence-electron chi connectivity index (χ0n) is 17.9. The fourth-order valence-electron chi connectivity index (χ4n) is 3.27. The number of ether oxygens (including phenoxy) is 2. The van der Waals surface area contributed by atoms with E-state index in [-0.39, 0.29) is 11.4 Å². The Bertz CT molecular complexity index is 1040. The van der Waals surface area contributed by atoms with Gasteiger partial charge in [-0.15, -0.1) is 0 Å². The molecule has 162 valence electrons. The molecular formula is C23H24N2O5S. The predicted molar refractivity (Wildman–Crippen MR) is 121 cm³/mol. The van der Waals surface area contributed by atoms with Gasteiger partial charge in [0.15, 0.2) is 11.5 Å². The average molecular weight is 441 g/mol. The molecule has 7 nitrogen and oxygen atoms in total. The Balaban J connectivity index is 1.77. The van der Waals surface area contributed by atoms with E-state index >= 15 is 0 Å². The van der Waals surface area contributed by atoms with E-state index in [2.05, 4.69) is 5.32 Å². The molecular weight excluding hydrogens is 416 g/mol. The lowest BCUT2D eigenvalue weighted by Gasteiger charge is -2.13. The van der Waals surface area contributed by atoms with Crippen molar-refractivity contribution in [1.29, 1.82) is 0 Å². The third-order valence-electron chi connectivity index (χ3n) is 4.49. The number of thioether (sulfide) groups is 1. The average Bonchev–Trinajstić information content (AvgIpc) is 2.96. The van der Waals surface area contributed by atoms with Gasteiger partial charge in [-0.2, -0.15) is 0 Å². The lowest BCUT2D eigenvalue weighted by Crippen LogP contribution is -2.36. The maximum atomic E-state index is 12.8. The number of nitrogens with zero attached hydrogens (tertiary/aromatic N) is 1. The minimum absolute atomic E-state index is 0.221. The van der Waals surface area contributed by atoms with Gasteiger partial charge in [-0.05, 0) is 67.9 Å². The predicted octanol–water partition coefficient (Wildman–Crippen LogP) is 4.39. The number of aryl methyl sites for hydroxylation is 2. The molecule has 0 saturated carbocycles. The van der Waals surface area contributed by atoms with Crippen molar-refractivity contribution in [2.45, 2.75) is 20.8 Å². The van der Waals surface area contributed by atoms with Crippen molar-refractivity contribution in [2.24, 2.45) is 0 Å². The lowest BCUT2D eigenvalue weighted by molar-refractivity contribution is -0.127. The third-order valence-corrected chi connectivity index (χ3v) is 5.39. The van der Waals surface area contributed by atoms with E-state index in [4.69, 9.17) is 9.47 Å². The van der Waals surface area contributed by atoms with Crippen molar-refractivity contribution in [3.8, 4) is 11.5 Å². The van der Waals surface area contributed by atoms with E-state index in [0.717, 1.165) is 27.8 Å². The second-order valence-corrected chi connectivity index (χ2v) is 8.00. The van der Waals surface area contributed by atoms with Gasteiger partial charge in [0.05, 0.1) is 18.6 Å². The molecule has 31 heavy (non-hydrogen) atoms. The third kappa shape index (κ3) is 5.27. The minimum atomic E-state index is -0.518. The highest BCUT2D eigenvalue weighted by Crippen LogP contribution is 2.37. The number of amides is 3. The van der Waals surface area contributed by atoms with Crippen molar-refractivity contribution < 1.29 is 23.9 Å². The molecule has 0 spiro atoms. The Hall–Kier alpha value is -3.26. The zero-order valence-corrected chi connectivity index (χ0v) is 18.7. The number of benzene rings is 2. The molecule has 3 rings (SSSR count). The lowest BCUT2D eigenvalue weighted by atomic mass is 10.1. The van der Waals surface area contributed by atoms with Crippen molar-refractivity contribution in [3.63, 3.8) is 0 Å². The molecule has 2 aromatic carbocycles. The smallest absolute Gasteiger partial charge is 0.294 e. The molecule has 2 aromatic rings. The van der Waals surface area contributed by atoms with E-state index < -0.39 is 17.1 Å². The number of imide groups is 1. The number of anilines is 1. The van der Waals surface area contributed by atoms with E-state index in [1.807, 2.05) is 39.0 Å². The molecule has 0 atom stereocenters. The van der Waals surface area contributed by atoms with Crippen molar-refractivity contribution in [2.75, 3.05) is 25.6 Å². The van der Waals surface area contributed by atoms with Gasteiger partial charge < -0.3 is 14.8 Å². The first-order valence-corrected chi connectivity index (χ1v) is 10.6. The summed E-state index contributed by atoms with van der Waals surface area (Å²) < 4.78 is 11.0. The summed E-state index contributed by atoms with van der Waals surface area (Å²) in [5, 5.41) is 2.25. The summed E-state index contributed by atoms with van der Waals surface area (Å²) in [6, 6.07) is 11.0. The number of para-hydroxylation sites is 1. The molecule has 3 amide bonds. The number of rotatable bonds is 7. The molecule has 0 aromatic heterocycles. The molecule has 1 aliphatic heterocycles. The van der Waals surface area contributed by atoms with Gasteiger partial charge in [-0.1, -0.05) is 18.2 Å². The maximum Gasteiger partial charge on any atom is 0.294 e. The molecule has 1 saturated heterocycles. The van der Waals surface area contributed by atoms with E-state index in [0.29, 0.717) is 29.4 Å². The quantitative estimate of drug-likeness (QED) is 0.643. The number of nitrogens with one attached hydrogen (secondary N) is 1. The highest BCUT2D eigenvalue weighted by Gasteiger charge is 2.36. The molecule has 1 aliphatic rings. The Kier molecular flexibility index (Phi) is 7.02. The van der Waals surface area contributed by atoms with Crippen LogP contribution in [0.2, 0.25) is 0 Å². The monoisotopic (exact) mass is 440 g/mol. The highest BCUT2D eigenvalue weighted by molar-refractivity contribution is 8.18. The summed E-state index contributed by atoms with van der Waals surface area (Å²) in [6.45, 7) is 5.77. The number of carbonyl (C=O) groups excluding carboxylic acids is 3. The summed E-state index contributed by atoms with van der Waals surface area (Å²) in [4.78, 5) is 38.8. The summed E-state index contributed by atoms with van der Waals surface area (Å²) in [7, 11) is 1.53. The molecule has 0 aliphatic carbocycles. The first-order valence-electron chi connectivity index (χ1n) is 9.75. The topological polar surface area (TPSA) is 84.9 Å². The minimum Gasteiger partial charge on any atom is -0.493 e. The number of hydrogen-bond donors (Lipinski definition) is 1. The van der Waals surface area contributed by atoms with E-state index in [1.54, 1.807) is 24.3 Å². The van der Waals surface area contributed by atoms with Crippen LogP contribution in [-0.4, -0.2) is 42.2 Å². The standard InChI is InChI=1S/C23H24N2O5S/c1-5-30-21-16(7-6-8-18(21)29-4)12-19-22(27)25(23(28)31-19)13-20(26)24-17-10-14(2)9-15(3)11-17/h6-12H,5,13H2,1-4H3,(H,24,26)/b19-12+. The Morgan fingerprint density at radius 1 is 1.16 bits per heavy atom. The Morgan fingerprint density at radius 2 is 1.87 bits per heavy atom. The zero-order chi connectivity index (χ0) is 22.5. The summed E-state index contributed by atoms with van der Waals surface area (Å²) in [5.74, 6) is 0.0651. The van der Waals surface area contributed by atoms with E-state index in [1.165, 1.54) is 7.11 Å². The highest BCUT2D eigenvalue weighted by atomic mass is 32.2. The maximum absolute atomic E-state index is 12.8. The number of carbonyl (C=O) groups is 3. The SMILES string of the molecule is CCOc1c(/C=C2/SC(=O)N(CC(=O)Nc3cc(C)cc(C)c3)C2=O)cccc1OC. The van der Waals surface area contributed by atoms with Gasteiger partial charge in [0.2, 0.25) is 5.91 Å². The molecule has 0 bridgehead atoms. The molecule has 1 fully saturated rings. The van der Waals surface area contributed by atoms with Crippen LogP contribution in [0.25, 0.3) is 6.08 Å². The van der Waals surface area contributed by atoms with Crippen molar-refractivity contribution in [1.82, 2.24) is 4.90 Å². The van der Waals surface area contributed by atoms with Crippen LogP contribution >= 0.6 is 11.8 Å². The summed E-state index contributed by atoms with van der Waals surface area (Å²) in [5.41, 5.74) is 3.26. The summed E-state index contributed by atoms with van der Waals surface area (Å²) in [6.07, 6.45) is 1.58. The first-order chi connectivity index (χ1) is 14.8. The van der Waals surface area contributed by atoms with E-state index in [9.17, 15) is 14.4 Å².